The van der Waals surface area contributed by atoms with Crippen LogP contribution in [-0.4, -0.2) is 33.9 Å². The van der Waals surface area contributed by atoms with E-state index in [1.54, 1.807) is 24.7 Å². The van der Waals surface area contributed by atoms with Crippen molar-refractivity contribution < 1.29 is 4.79 Å². The summed E-state index contributed by atoms with van der Waals surface area (Å²) in [4.78, 5) is 20.5. The number of nitrogens with zero attached hydrogens (tertiary/aromatic N) is 2. The highest BCUT2D eigenvalue weighted by Crippen LogP contribution is 2.09. The minimum absolute atomic E-state index is 0.0951. The lowest BCUT2D eigenvalue weighted by Crippen LogP contribution is -2.34. The molecular weight excluding hydrogens is 190 g/mol. The molecule has 0 aliphatic carbocycles. The van der Waals surface area contributed by atoms with E-state index in [1.165, 1.54) is 6.42 Å². The summed E-state index contributed by atoms with van der Waals surface area (Å²) in [6, 6.07) is 0. The Kier molecular flexibility index (Phi) is 3.17. The number of aromatic amines is 1. The predicted octanol–water partition coefficient (Wildman–Crippen LogP) is 1.44. The van der Waals surface area contributed by atoms with E-state index in [9.17, 15) is 4.79 Å². The van der Waals surface area contributed by atoms with Crippen molar-refractivity contribution in [1.29, 1.82) is 0 Å². The number of hydrogen-bond donors (Lipinski definition) is 1. The van der Waals surface area contributed by atoms with Crippen LogP contribution in [0.4, 0.5) is 0 Å². The van der Waals surface area contributed by atoms with E-state index in [0.29, 0.717) is 0 Å². The normalized spacial score (nSPS) is 17.2. The van der Waals surface area contributed by atoms with E-state index >= 15 is 0 Å². The minimum atomic E-state index is 0.0951. The standard InChI is InChI=1S/C11H15N3O/c15-11(14-6-2-1-3-7-14)5-4-10-8-12-9-13-10/h4-5,8-9H,1-3,6-7H2,(H,12,13). The van der Waals surface area contributed by atoms with Crippen LogP contribution in [0.5, 0.6) is 0 Å². The minimum Gasteiger partial charge on any atom is -0.351 e. The maximum atomic E-state index is 11.7. The molecule has 2 heterocycles. The van der Waals surface area contributed by atoms with Crippen molar-refractivity contribution in [3.8, 4) is 0 Å². The topological polar surface area (TPSA) is 49.0 Å². The quantitative estimate of drug-likeness (QED) is 0.742. The molecule has 4 heteroatoms. The van der Waals surface area contributed by atoms with Crippen molar-refractivity contribution in [3.05, 3.63) is 24.3 Å². The van der Waals surface area contributed by atoms with Gasteiger partial charge in [-0.25, -0.2) is 4.98 Å². The molecule has 1 aliphatic heterocycles. The number of carbonyl (C=O) groups is 1. The largest absolute Gasteiger partial charge is 0.351 e. The van der Waals surface area contributed by atoms with E-state index in [2.05, 4.69) is 9.97 Å². The van der Waals surface area contributed by atoms with Gasteiger partial charge in [-0.1, -0.05) is 0 Å². The SMILES string of the molecule is O=C(C=Cc1c[nH]cn1)N1CCCCC1. The first kappa shape index (κ1) is 9.96. The van der Waals surface area contributed by atoms with Crippen LogP contribution in [0.15, 0.2) is 18.6 Å². The third-order valence-electron chi connectivity index (χ3n) is 2.58. The fourth-order valence-corrected chi connectivity index (χ4v) is 1.74. The molecule has 1 aromatic heterocycles. The number of rotatable bonds is 2. The lowest BCUT2D eigenvalue weighted by atomic mass is 10.1. The van der Waals surface area contributed by atoms with Gasteiger partial charge in [0.15, 0.2) is 0 Å². The van der Waals surface area contributed by atoms with Crippen LogP contribution in [0.1, 0.15) is 25.0 Å². The summed E-state index contributed by atoms with van der Waals surface area (Å²) in [7, 11) is 0. The molecule has 1 saturated heterocycles. The van der Waals surface area contributed by atoms with Crippen LogP contribution in [-0.2, 0) is 4.79 Å². The molecule has 0 saturated carbocycles. The van der Waals surface area contributed by atoms with E-state index in [-0.39, 0.29) is 5.91 Å². The Morgan fingerprint density at radius 2 is 2.20 bits per heavy atom. The smallest absolute Gasteiger partial charge is 0.246 e. The van der Waals surface area contributed by atoms with Crippen molar-refractivity contribution in [1.82, 2.24) is 14.9 Å². The number of carbonyl (C=O) groups excluding carboxylic acids is 1. The fourth-order valence-electron chi connectivity index (χ4n) is 1.74. The van der Waals surface area contributed by atoms with Gasteiger partial charge in [0.25, 0.3) is 0 Å². The molecule has 4 nitrogen and oxygen atoms in total. The van der Waals surface area contributed by atoms with Gasteiger partial charge in [0.2, 0.25) is 5.91 Å². The number of likely N-dealkylation sites (tertiary alicyclic amines) is 1. The van der Waals surface area contributed by atoms with Crippen LogP contribution in [0.2, 0.25) is 0 Å². The molecule has 0 bridgehead atoms. The number of aromatic nitrogens is 2. The number of hydrogen-bond acceptors (Lipinski definition) is 2. The first-order chi connectivity index (χ1) is 7.36. The Hall–Kier alpha value is -1.58. The summed E-state index contributed by atoms with van der Waals surface area (Å²) in [5, 5.41) is 0. The number of amides is 1. The third kappa shape index (κ3) is 2.68. The first-order valence-corrected chi connectivity index (χ1v) is 5.32. The van der Waals surface area contributed by atoms with Crippen LogP contribution < -0.4 is 0 Å². The van der Waals surface area contributed by atoms with Gasteiger partial charge in [0.05, 0.1) is 12.0 Å². The number of H-pyrrole nitrogens is 1. The Morgan fingerprint density at radius 3 is 2.87 bits per heavy atom. The van der Waals surface area contributed by atoms with E-state index in [1.807, 2.05) is 4.90 Å². The summed E-state index contributed by atoms with van der Waals surface area (Å²) in [6.45, 7) is 1.79. The summed E-state index contributed by atoms with van der Waals surface area (Å²) >= 11 is 0. The van der Waals surface area contributed by atoms with Gasteiger partial charge in [-0.05, 0) is 25.3 Å². The van der Waals surface area contributed by atoms with E-state index in [4.69, 9.17) is 0 Å². The predicted molar refractivity (Wildman–Crippen MR) is 58.1 cm³/mol. The van der Waals surface area contributed by atoms with Gasteiger partial charge in [0.1, 0.15) is 0 Å². The molecule has 1 amide bonds. The molecule has 1 aliphatic rings. The van der Waals surface area contributed by atoms with Crippen molar-refractivity contribution >= 4 is 12.0 Å². The second-order valence-electron chi connectivity index (χ2n) is 3.71. The molecule has 0 radical (unpaired) electrons. The Labute approximate surface area is 89.0 Å². The van der Waals surface area contributed by atoms with Gasteiger partial charge in [-0.3, -0.25) is 4.79 Å². The lowest BCUT2D eigenvalue weighted by Gasteiger charge is -2.25. The molecule has 1 aromatic rings. The molecule has 80 valence electrons. The van der Waals surface area contributed by atoms with E-state index in [0.717, 1.165) is 31.6 Å². The molecule has 1 N–H and O–H groups in total. The fraction of sp³-hybridized carbons (Fsp3) is 0.455. The van der Waals surface area contributed by atoms with Crippen molar-refractivity contribution in [2.45, 2.75) is 19.3 Å². The maximum Gasteiger partial charge on any atom is 0.246 e. The van der Waals surface area contributed by atoms with Gasteiger partial charge in [-0.15, -0.1) is 0 Å². The molecule has 1 fully saturated rings. The average molecular weight is 205 g/mol. The highest BCUT2D eigenvalue weighted by molar-refractivity contribution is 5.91. The van der Waals surface area contributed by atoms with Crippen LogP contribution in [0, 0.1) is 0 Å². The summed E-state index contributed by atoms with van der Waals surface area (Å²) in [6.07, 6.45) is 10.2. The molecule has 0 unspecified atom stereocenters. The van der Waals surface area contributed by atoms with Gasteiger partial charge in [0, 0.05) is 25.4 Å². The molecule has 0 atom stereocenters. The Balaban J connectivity index is 1.91. The summed E-state index contributed by atoms with van der Waals surface area (Å²) in [5.74, 6) is 0.0951. The van der Waals surface area contributed by atoms with Crippen LogP contribution in [0.25, 0.3) is 6.08 Å². The first-order valence-electron chi connectivity index (χ1n) is 5.32. The van der Waals surface area contributed by atoms with Gasteiger partial charge >= 0.3 is 0 Å². The summed E-state index contributed by atoms with van der Waals surface area (Å²) in [5.41, 5.74) is 0.792. The molecule has 2 rings (SSSR count). The molecular formula is C11H15N3O. The van der Waals surface area contributed by atoms with Crippen molar-refractivity contribution in [3.63, 3.8) is 0 Å². The third-order valence-corrected chi connectivity index (χ3v) is 2.58. The number of piperidine rings is 1. The second kappa shape index (κ2) is 4.77. The second-order valence-corrected chi connectivity index (χ2v) is 3.71. The number of imidazole rings is 1. The maximum absolute atomic E-state index is 11.7. The van der Waals surface area contributed by atoms with Crippen LogP contribution >= 0.6 is 0 Å². The van der Waals surface area contributed by atoms with Crippen molar-refractivity contribution in [2.75, 3.05) is 13.1 Å². The highest BCUT2D eigenvalue weighted by atomic mass is 16.2. The Morgan fingerprint density at radius 1 is 1.40 bits per heavy atom. The zero-order valence-corrected chi connectivity index (χ0v) is 8.65. The zero-order chi connectivity index (χ0) is 10.5. The molecule has 0 aromatic carbocycles. The van der Waals surface area contributed by atoms with Crippen molar-refractivity contribution in [2.24, 2.45) is 0 Å². The zero-order valence-electron chi connectivity index (χ0n) is 8.65. The number of nitrogens with one attached hydrogen (secondary N) is 1. The van der Waals surface area contributed by atoms with E-state index < -0.39 is 0 Å². The average Bonchev–Trinajstić information content (AvgIpc) is 2.80. The molecule has 15 heavy (non-hydrogen) atoms. The summed E-state index contributed by atoms with van der Waals surface area (Å²) < 4.78 is 0. The molecule has 0 spiro atoms. The van der Waals surface area contributed by atoms with Crippen LogP contribution in [0.3, 0.4) is 0 Å². The monoisotopic (exact) mass is 205 g/mol. The highest BCUT2D eigenvalue weighted by Gasteiger charge is 2.13. The Bertz CT molecular complexity index is 337. The lowest BCUT2D eigenvalue weighted by molar-refractivity contribution is -0.126. The van der Waals surface area contributed by atoms with Gasteiger partial charge in [-0.2, -0.15) is 0 Å². The van der Waals surface area contributed by atoms with Gasteiger partial charge < -0.3 is 9.88 Å².